The van der Waals surface area contributed by atoms with Crippen LogP contribution in [0, 0.1) is 5.82 Å². The molecule has 0 saturated heterocycles. The van der Waals surface area contributed by atoms with E-state index < -0.39 is 0 Å². The number of hydrogen-bond acceptors (Lipinski definition) is 2. The zero-order valence-electron chi connectivity index (χ0n) is 7.88. The molecule has 0 aliphatic rings. The van der Waals surface area contributed by atoms with Crippen LogP contribution in [-0.4, -0.2) is 7.11 Å². The van der Waals surface area contributed by atoms with E-state index >= 15 is 0 Å². The van der Waals surface area contributed by atoms with Crippen molar-refractivity contribution in [1.82, 2.24) is 0 Å². The van der Waals surface area contributed by atoms with Gasteiger partial charge in [-0.15, -0.1) is 0 Å². The van der Waals surface area contributed by atoms with Gasteiger partial charge >= 0.3 is 0 Å². The highest BCUT2D eigenvalue weighted by Crippen LogP contribution is 2.25. The van der Waals surface area contributed by atoms with Crippen LogP contribution in [0.1, 0.15) is 24.9 Å². The van der Waals surface area contributed by atoms with Gasteiger partial charge in [-0.25, -0.2) is 4.39 Å². The Hall–Kier alpha value is -1.09. The second-order valence-electron chi connectivity index (χ2n) is 2.90. The lowest BCUT2D eigenvalue weighted by Crippen LogP contribution is -2.10. The average molecular weight is 183 g/mol. The Morgan fingerprint density at radius 1 is 1.54 bits per heavy atom. The third-order valence-electron chi connectivity index (χ3n) is 2.03. The Balaban J connectivity index is 3.05. The van der Waals surface area contributed by atoms with Gasteiger partial charge in [-0.3, -0.25) is 0 Å². The summed E-state index contributed by atoms with van der Waals surface area (Å²) < 4.78 is 17.8. The molecule has 0 radical (unpaired) electrons. The van der Waals surface area contributed by atoms with Crippen LogP contribution in [0.15, 0.2) is 18.2 Å². The molecular weight excluding hydrogens is 169 g/mol. The van der Waals surface area contributed by atoms with E-state index in [9.17, 15) is 4.39 Å². The fourth-order valence-electron chi connectivity index (χ4n) is 1.21. The van der Waals surface area contributed by atoms with Crippen LogP contribution in [0.25, 0.3) is 0 Å². The monoisotopic (exact) mass is 183 g/mol. The lowest BCUT2D eigenvalue weighted by Gasteiger charge is -2.13. The minimum absolute atomic E-state index is 0.0875. The summed E-state index contributed by atoms with van der Waals surface area (Å²) in [7, 11) is 1.51. The number of ether oxygens (including phenoxy) is 1. The van der Waals surface area contributed by atoms with Crippen molar-refractivity contribution in [3.05, 3.63) is 29.6 Å². The van der Waals surface area contributed by atoms with Crippen LogP contribution in [0.3, 0.4) is 0 Å². The van der Waals surface area contributed by atoms with Crippen molar-refractivity contribution in [3.8, 4) is 5.75 Å². The van der Waals surface area contributed by atoms with E-state index in [1.54, 1.807) is 6.07 Å². The summed E-state index contributed by atoms with van der Waals surface area (Å²) in [6, 6.07) is 4.33. The number of nitrogens with two attached hydrogens (primary N) is 1. The molecule has 0 saturated carbocycles. The first kappa shape index (κ1) is 9.99. The molecule has 1 rings (SSSR count). The van der Waals surface area contributed by atoms with Gasteiger partial charge in [0.1, 0.15) is 11.6 Å². The Morgan fingerprint density at radius 2 is 2.23 bits per heavy atom. The van der Waals surface area contributed by atoms with E-state index in [1.165, 1.54) is 19.2 Å². The van der Waals surface area contributed by atoms with Crippen molar-refractivity contribution in [2.75, 3.05) is 7.11 Å². The molecule has 1 aromatic carbocycles. The van der Waals surface area contributed by atoms with Gasteiger partial charge in [0, 0.05) is 17.7 Å². The summed E-state index contributed by atoms with van der Waals surface area (Å²) in [5.41, 5.74) is 6.67. The molecule has 3 heteroatoms. The van der Waals surface area contributed by atoms with Gasteiger partial charge in [0.05, 0.1) is 7.11 Å². The molecule has 0 aromatic heterocycles. The standard InChI is InChI=1S/C10H14FNO/c1-3-9(12)8-5-4-7(11)6-10(8)13-2/h4-6,9H,3,12H2,1-2H3/t9-/m1/s1. The van der Waals surface area contributed by atoms with Crippen molar-refractivity contribution < 1.29 is 9.13 Å². The Labute approximate surface area is 77.5 Å². The number of methoxy groups -OCH3 is 1. The van der Waals surface area contributed by atoms with Gasteiger partial charge in [0.2, 0.25) is 0 Å². The number of hydrogen-bond donors (Lipinski definition) is 1. The van der Waals surface area contributed by atoms with Crippen molar-refractivity contribution in [2.24, 2.45) is 5.73 Å². The van der Waals surface area contributed by atoms with Gasteiger partial charge in [-0.05, 0) is 12.5 Å². The third-order valence-corrected chi connectivity index (χ3v) is 2.03. The molecule has 72 valence electrons. The summed E-state index contributed by atoms with van der Waals surface area (Å²) in [6.45, 7) is 1.98. The van der Waals surface area contributed by atoms with Crippen molar-refractivity contribution in [2.45, 2.75) is 19.4 Å². The fraction of sp³-hybridized carbons (Fsp3) is 0.400. The van der Waals surface area contributed by atoms with E-state index in [2.05, 4.69) is 0 Å². The molecule has 2 N–H and O–H groups in total. The second-order valence-corrected chi connectivity index (χ2v) is 2.90. The largest absolute Gasteiger partial charge is 0.496 e. The number of rotatable bonds is 3. The molecule has 1 atom stereocenters. The lowest BCUT2D eigenvalue weighted by atomic mass is 10.0. The van der Waals surface area contributed by atoms with Crippen LogP contribution < -0.4 is 10.5 Å². The minimum atomic E-state index is -0.302. The molecule has 0 bridgehead atoms. The van der Waals surface area contributed by atoms with Gasteiger partial charge in [-0.2, -0.15) is 0 Å². The van der Waals surface area contributed by atoms with Crippen molar-refractivity contribution in [3.63, 3.8) is 0 Å². The van der Waals surface area contributed by atoms with E-state index in [0.717, 1.165) is 12.0 Å². The normalized spacial score (nSPS) is 12.6. The smallest absolute Gasteiger partial charge is 0.126 e. The first-order valence-corrected chi connectivity index (χ1v) is 4.28. The molecule has 0 fully saturated rings. The van der Waals surface area contributed by atoms with E-state index in [1.807, 2.05) is 6.92 Å². The highest BCUT2D eigenvalue weighted by Gasteiger charge is 2.10. The molecule has 2 nitrogen and oxygen atoms in total. The summed E-state index contributed by atoms with van der Waals surface area (Å²) in [4.78, 5) is 0. The summed E-state index contributed by atoms with van der Waals surface area (Å²) in [5.74, 6) is 0.221. The van der Waals surface area contributed by atoms with E-state index in [0.29, 0.717) is 5.75 Å². The summed E-state index contributed by atoms with van der Waals surface area (Å²) in [6.07, 6.45) is 0.808. The molecule has 1 aromatic rings. The molecule has 0 aliphatic heterocycles. The van der Waals surface area contributed by atoms with E-state index in [-0.39, 0.29) is 11.9 Å². The first-order chi connectivity index (χ1) is 6.19. The third kappa shape index (κ3) is 2.18. The zero-order chi connectivity index (χ0) is 9.84. The quantitative estimate of drug-likeness (QED) is 0.780. The molecule has 0 unspecified atom stereocenters. The number of benzene rings is 1. The summed E-state index contributed by atoms with van der Waals surface area (Å²) >= 11 is 0. The van der Waals surface area contributed by atoms with Gasteiger partial charge in [0.25, 0.3) is 0 Å². The Morgan fingerprint density at radius 3 is 2.77 bits per heavy atom. The Kier molecular flexibility index (Phi) is 3.25. The Bertz CT molecular complexity index is 288. The molecule has 0 spiro atoms. The van der Waals surface area contributed by atoms with Crippen LogP contribution >= 0.6 is 0 Å². The molecule has 0 aliphatic carbocycles. The van der Waals surface area contributed by atoms with Gasteiger partial charge in [-0.1, -0.05) is 13.0 Å². The molecule has 0 heterocycles. The topological polar surface area (TPSA) is 35.2 Å². The average Bonchev–Trinajstić information content (AvgIpc) is 2.16. The highest BCUT2D eigenvalue weighted by atomic mass is 19.1. The maximum absolute atomic E-state index is 12.8. The fourth-order valence-corrected chi connectivity index (χ4v) is 1.21. The van der Waals surface area contributed by atoms with Crippen LogP contribution in [0.2, 0.25) is 0 Å². The predicted molar refractivity (Wildman–Crippen MR) is 50.2 cm³/mol. The molecule has 13 heavy (non-hydrogen) atoms. The zero-order valence-corrected chi connectivity index (χ0v) is 7.88. The minimum Gasteiger partial charge on any atom is -0.496 e. The SMILES string of the molecule is CC[C@@H](N)c1ccc(F)cc1OC. The molecular formula is C10H14FNO. The maximum Gasteiger partial charge on any atom is 0.126 e. The highest BCUT2D eigenvalue weighted by molar-refractivity contribution is 5.36. The van der Waals surface area contributed by atoms with Crippen LogP contribution in [0.5, 0.6) is 5.75 Å². The lowest BCUT2D eigenvalue weighted by molar-refractivity contribution is 0.401. The van der Waals surface area contributed by atoms with Crippen LogP contribution in [0.4, 0.5) is 4.39 Å². The first-order valence-electron chi connectivity index (χ1n) is 4.28. The maximum atomic E-state index is 12.8. The van der Waals surface area contributed by atoms with Gasteiger partial charge in [0.15, 0.2) is 0 Å². The second kappa shape index (κ2) is 4.23. The van der Waals surface area contributed by atoms with Crippen molar-refractivity contribution >= 4 is 0 Å². The van der Waals surface area contributed by atoms with Crippen LogP contribution in [-0.2, 0) is 0 Å². The molecule has 0 amide bonds. The van der Waals surface area contributed by atoms with E-state index in [4.69, 9.17) is 10.5 Å². The van der Waals surface area contributed by atoms with Crippen molar-refractivity contribution in [1.29, 1.82) is 0 Å². The predicted octanol–water partition coefficient (Wildman–Crippen LogP) is 2.24. The number of halogens is 1. The summed E-state index contributed by atoms with van der Waals surface area (Å²) in [5, 5.41) is 0. The van der Waals surface area contributed by atoms with Gasteiger partial charge < -0.3 is 10.5 Å².